The highest BCUT2D eigenvalue weighted by molar-refractivity contribution is 8.00. The van der Waals surface area contributed by atoms with Crippen LogP contribution in [-0.4, -0.2) is 25.8 Å². The molecule has 0 radical (unpaired) electrons. The van der Waals surface area contributed by atoms with Gasteiger partial charge in [0.1, 0.15) is 11.2 Å². The minimum atomic E-state index is 0.481. The van der Waals surface area contributed by atoms with Crippen molar-refractivity contribution in [2.45, 2.75) is 4.34 Å². The molecule has 8 heteroatoms. The van der Waals surface area contributed by atoms with E-state index >= 15 is 0 Å². The molecule has 20 heavy (non-hydrogen) atoms. The molecule has 6 nitrogen and oxygen atoms in total. The van der Waals surface area contributed by atoms with Crippen molar-refractivity contribution in [3.8, 4) is 11.6 Å². The number of nitrogens with zero attached hydrogens (tertiary/aromatic N) is 4. The van der Waals surface area contributed by atoms with Crippen LogP contribution in [0.25, 0.3) is 27.6 Å². The molecule has 0 amide bonds. The third-order valence-corrected chi connectivity index (χ3v) is 4.73. The standard InChI is InChI=1S/C12H9N5OS2/c1-19-12-16-17-5-8(15-11(17)20-12)10-14-7-3-2-6(13)4-9(7)18-10/h2-5H,13H2,1H3. The van der Waals surface area contributed by atoms with Gasteiger partial charge in [0.15, 0.2) is 9.92 Å². The average Bonchev–Trinajstić information content (AvgIpc) is 3.08. The van der Waals surface area contributed by atoms with Gasteiger partial charge in [0.2, 0.25) is 10.9 Å². The summed E-state index contributed by atoms with van der Waals surface area (Å²) in [5, 5.41) is 4.39. The summed E-state index contributed by atoms with van der Waals surface area (Å²) in [5.74, 6) is 0.481. The predicted octanol–water partition coefficient (Wildman–Crippen LogP) is 2.90. The Kier molecular flexibility index (Phi) is 2.48. The minimum Gasteiger partial charge on any atom is -0.435 e. The monoisotopic (exact) mass is 303 g/mol. The van der Waals surface area contributed by atoms with Crippen molar-refractivity contribution in [1.29, 1.82) is 0 Å². The van der Waals surface area contributed by atoms with Crippen LogP contribution in [0.4, 0.5) is 5.69 Å². The van der Waals surface area contributed by atoms with Gasteiger partial charge >= 0.3 is 0 Å². The molecule has 0 aliphatic rings. The molecule has 0 aliphatic heterocycles. The number of nitrogens with two attached hydrogens (primary N) is 1. The number of thioether (sulfide) groups is 1. The molecule has 3 aromatic heterocycles. The highest BCUT2D eigenvalue weighted by Gasteiger charge is 2.14. The van der Waals surface area contributed by atoms with Gasteiger partial charge in [-0.15, -0.1) is 5.10 Å². The van der Waals surface area contributed by atoms with Gasteiger partial charge in [-0.1, -0.05) is 23.1 Å². The Balaban J connectivity index is 1.84. The molecule has 0 atom stereocenters. The number of aromatic nitrogens is 4. The summed E-state index contributed by atoms with van der Waals surface area (Å²) in [6.07, 6.45) is 3.81. The second-order valence-corrected chi connectivity index (χ2v) is 6.18. The van der Waals surface area contributed by atoms with E-state index in [1.807, 2.05) is 18.5 Å². The van der Waals surface area contributed by atoms with Crippen molar-refractivity contribution in [3.63, 3.8) is 0 Å². The maximum atomic E-state index is 5.73. The Morgan fingerprint density at radius 2 is 2.25 bits per heavy atom. The van der Waals surface area contributed by atoms with E-state index in [0.717, 1.165) is 14.8 Å². The van der Waals surface area contributed by atoms with Gasteiger partial charge in [-0.05, 0) is 18.4 Å². The summed E-state index contributed by atoms with van der Waals surface area (Å²) < 4.78 is 8.42. The van der Waals surface area contributed by atoms with Gasteiger partial charge < -0.3 is 10.2 Å². The fraction of sp³-hybridized carbons (Fsp3) is 0.0833. The number of hydrogen-bond acceptors (Lipinski definition) is 7. The lowest BCUT2D eigenvalue weighted by molar-refractivity contribution is 0.617. The number of fused-ring (bicyclic) bond motifs is 2. The summed E-state index contributed by atoms with van der Waals surface area (Å²) in [5.41, 5.74) is 8.48. The van der Waals surface area contributed by atoms with Crippen LogP contribution < -0.4 is 5.73 Å². The quantitative estimate of drug-likeness (QED) is 0.453. The van der Waals surface area contributed by atoms with Crippen LogP contribution in [0.1, 0.15) is 0 Å². The van der Waals surface area contributed by atoms with E-state index in [2.05, 4.69) is 15.1 Å². The smallest absolute Gasteiger partial charge is 0.247 e. The van der Waals surface area contributed by atoms with Crippen LogP contribution in [0, 0.1) is 0 Å². The lowest BCUT2D eigenvalue weighted by Crippen LogP contribution is -1.81. The molecule has 0 spiro atoms. The molecule has 2 N–H and O–H groups in total. The van der Waals surface area contributed by atoms with Gasteiger partial charge in [0.05, 0.1) is 6.20 Å². The molecule has 0 aliphatic carbocycles. The maximum Gasteiger partial charge on any atom is 0.247 e. The van der Waals surface area contributed by atoms with Gasteiger partial charge in [-0.25, -0.2) is 14.5 Å². The molecule has 0 bridgehead atoms. The van der Waals surface area contributed by atoms with Crippen LogP contribution in [0.15, 0.2) is 33.2 Å². The highest BCUT2D eigenvalue weighted by Crippen LogP contribution is 2.28. The normalized spacial score (nSPS) is 11.7. The largest absolute Gasteiger partial charge is 0.435 e. The molecule has 4 rings (SSSR count). The summed E-state index contributed by atoms with van der Waals surface area (Å²) in [7, 11) is 0. The Labute approximate surface area is 121 Å². The van der Waals surface area contributed by atoms with Gasteiger partial charge in [0, 0.05) is 11.8 Å². The first-order chi connectivity index (χ1) is 9.72. The Morgan fingerprint density at radius 3 is 3.05 bits per heavy atom. The number of hydrogen-bond donors (Lipinski definition) is 1. The molecule has 0 saturated carbocycles. The van der Waals surface area contributed by atoms with Crippen molar-refractivity contribution in [2.75, 3.05) is 12.0 Å². The molecule has 100 valence electrons. The van der Waals surface area contributed by atoms with Crippen molar-refractivity contribution >= 4 is 44.8 Å². The fourth-order valence-corrected chi connectivity index (χ4v) is 3.26. The number of imidazole rings is 1. The number of anilines is 1. The molecular formula is C12H9N5OS2. The molecule has 1 aromatic carbocycles. The van der Waals surface area contributed by atoms with Crippen LogP contribution in [-0.2, 0) is 0 Å². The van der Waals surface area contributed by atoms with Crippen LogP contribution in [0.2, 0.25) is 0 Å². The third kappa shape index (κ3) is 1.76. The Morgan fingerprint density at radius 1 is 1.35 bits per heavy atom. The summed E-state index contributed by atoms with van der Waals surface area (Å²) in [6.45, 7) is 0. The number of nitrogen functional groups attached to an aromatic ring is 1. The second kappa shape index (κ2) is 4.22. The Hall–Kier alpha value is -2.06. The van der Waals surface area contributed by atoms with E-state index in [4.69, 9.17) is 10.2 Å². The number of rotatable bonds is 2. The van der Waals surface area contributed by atoms with Gasteiger partial charge in [0.25, 0.3) is 0 Å². The van der Waals surface area contributed by atoms with E-state index in [1.54, 1.807) is 28.4 Å². The number of benzene rings is 1. The van der Waals surface area contributed by atoms with E-state index < -0.39 is 0 Å². The topological polar surface area (TPSA) is 82.2 Å². The van der Waals surface area contributed by atoms with Crippen molar-refractivity contribution in [3.05, 3.63) is 24.4 Å². The van der Waals surface area contributed by atoms with Crippen molar-refractivity contribution in [2.24, 2.45) is 0 Å². The van der Waals surface area contributed by atoms with Crippen molar-refractivity contribution in [1.82, 2.24) is 19.6 Å². The summed E-state index contributed by atoms with van der Waals surface area (Å²) >= 11 is 3.14. The van der Waals surface area contributed by atoms with Gasteiger partial charge in [-0.3, -0.25) is 0 Å². The second-order valence-electron chi connectivity index (χ2n) is 4.17. The zero-order chi connectivity index (χ0) is 13.7. The average molecular weight is 303 g/mol. The third-order valence-electron chi connectivity index (χ3n) is 2.83. The van der Waals surface area contributed by atoms with E-state index in [0.29, 0.717) is 22.9 Å². The lowest BCUT2D eigenvalue weighted by atomic mass is 10.3. The summed E-state index contributed by atoms with van der Waals surface area (Å²) in [6, 6.07) is 5.39. The minimum absolute atomic E-state index is 0.481. The van der Waals surface area contributed by atoms with Crippen LogP contribution in [0.3, 0.4) is 0 Å². The molecule has 0 saturated heterocycles. The van der Waals surface area contributed by atoms with Crippen LogP contribution in [0.5, 0.6) is 0 Å². The zero-order valence-corrected chi connectivity index (χ0v) is 12.0. The fourth-order valence-electron chi connectivity index (χ4n) is 1.92. The summed E-state index contributed by atoms with van der Waals surface area (Å²) in [4.78, 5) is 9.73. The molecule has 0 fully saturated rings. The van der Waals surface area contributed by atoms with Gasteiger partial charge in [-0.2, -0.15) is 0 Å². The SMILES string of the molecule is CSc1nn2cc(-c3nc4ccc(N)cc4o3)nc2s1. The highest BCUT2D eigenvalue weighted by atomic mass is 32.2. The zero-order valence-electron chi connectivity index (χ0n) is 10.4. The predicted molar refractivity (Wildman–Crippen MR) is 80.1 cm³/mol. The first kappa shape index (κ1) is 11.7. The van der Waals surface area contributed by atoms with E-state index in [9.17, 15) is 0 Å². The van der Waals surface area contributed by atoms with Crippen LogP contribution >= 0.6 is 23.1 Å². The van der Waals surface area contributed by atoms with E-state index in [-0.39, 0.29) is 0 Å². The molecule has 0 unspecified atom stereocenters. The van der Waals surface area contributed by atoms with Crippen molar-refractivity contribution < 1.29 is 4.42 Å². The molecule has 3 heterocycles. The molecule has 4 aromatic rings. The first-order valence-electron chi connectivity index (χ1n) is 5.79. The first-order valence-corrected chi connectivity index (χ1v) is 7.84. The Bertz CT molecular complexity index is 891. The lowest BCUT2D eigenvalue weighted by Gasteiger charge is -1.88. The van der Waals surface area contributed by atoms with E-state index in [1.165, 1.54) is 11.3 Å². The number of oxazole rings is 1. The molecular weight excluding hydrogens is 294 g/mol. The maximum absolute atomic E-state index is 5.73.